The van der Waals surface area contributed by atoms with Gasteiger partial charge in [0.15, 0.2) is 0 Å². The maximum Gasteiger partial charge on any atom is 0.0248 e. The summed E-state index contributed by atoms with van der Waals surface area (Å²) >= 11 is 0. The Labute approximate surface area is 162 Å². The van der Waals surface area contributed by atoms with Gasteiger partial charge < -0.3 is 0 Å². The van der Waals surface area contributed by atoms with Crippen LogP contribution in [-0.4, -0.2) is 0 Å². The lowest BCUT2D eigenvalue weighted by molar-refractivity contribution is 0.540. The zero-order valence-corrected chi connectivity index (χ0v) is 17.4. The van der Waals surface area contributed by atoms with Crippen LogP contribution < -0.4 is 0 Å². The number of rotatable bonds is 6. The van der Waals surface area contributed by atoms with E-state index in [4.69, 9.17) is 6.42 Å². The summed E-state index contributed by atoms with van der Waals surface area (Å²) in [5.41, 5.74) is 6.30. The molecular weight excluding hydrogens is 312 g/mol. The predicted octanol–water partition coefficient (Wildman–Crippen LogP) is 7.98. The van der Waals surface area contributed by atoms with Gasteiger partial charge in [0.2, 0.25) is 0 Å². The van der Waals surface area contributed by atoms with Crippen molar-refractivity contribution < 1.29 is 0 Å². The molecule has 0 nitrogen and oxygen atoms in total. The quantitative estimate of drug-likeness (QED) is 0.361. The summed E-state index contributed by atoms with van der Waals surface area (Å²) in [6, 6.07) is 8.25. The molecule has 0 heteroatoms. The molecule has 0 amide bonds. The highest BCUT2D eigenvalue weighted by molar-refractivity contribution is 5.78. The molecule has 1 unspecified atom stereocenters. The molecule has 0 fully saturated rings. The van der Waals surface area contributed by atoms with Gasteiger partial charge in [-0.05, 0) is 62.3 Å². The first kappa shape index (κ1) is 23.7. The van der Waals surface area contributed by atoms with E-state index >= 15 is 0 Å². The summed E-state index contributed by atoms with van der Waals surface area (Å²) in [5.74, 6) is 3.35. The smallest absolute Gasteiger partial charge is 0.0248 e. The molecule has 0 N–H and O–H groups in total. The fourth-order valence-electron chi connectivity index (χ4n) is 3.01. The van der Waals surface area contributed by atoms with Crippen molar-refractivity contribution >= 4 is 5.57 Å². The molecule has 140 valence electrons. The summed E-state index contributed by atoms with van der Waals surface area (Å²) < 4.78 is 0. The van der Waals surface area contributed by atoms with Crippen LogP contribution >= 0.6 is 0 Å². The second kappa shape index (κ2) is 14.0. The molecule has 1 aromatic carbocycles. The Balaban J connectivity index is 0.00000113. The molecule has 1 atom stereocenters. The second-order valence-corrected chi connectivity index (χ2v) is 6.36. The molecule has 1 aromatic rings. The summed E-state index contributed by atoms with van der Waals surface area (Å²) in [6.07, 6.45) is 16.6. The zero-order valence-electron chi connectivity index (χ0n) is 17.4. The van der Waals surface area contributed by atoms with E-state index in [9.17, 15) is 0 Å². The summed E-state index contributed by atoms with van der Waals surface area (Å²) in [6.45, 7) is 17.7. The Kier molecular flexibility index (Phi) is 12.8. The molecular formula is C26H36. The standard InChI is InChI=1S/C21H24.C3H6.C2H6/c1-5-8-18(13-16(3)4)20-11-12-21(15-20)19-10-7-9-17(6-2)14-19;1-3-2;1-2/h2,7,9-10,12,14-15,18H,3,5,8,11,13H2,1,4H3;3H,1H2,2H3;1-2H3. The lowest BCUT2D eigenvalue weighted by atomic mass is 9.88. The monoisotopic (exact) mass is 348 g/mol. The Hall–Kier alpha value is -2.26. The predicted molar refractivity (Wildman–Crippen MR) is 120 cm³/mol. The molecule has 1 aliphatic carbocycles. The maximum atomic E-state index is 5.49. The topological polar surface area (TPSA) is 0 Å². The van der Waals surface area contributed by atoms with E-state index in [1.165, 1.54) is 29.6 Å². The van der Waals surface area contributed by atoms with Crippen LogP contribution in [0.15, 0.2) is 66.8 Å². The number of hydrogen-bond donors (Lipinski definition) is 0. The molecule has 0 saturated carbocycles. The third kappa shape index (κ3) is 8.21. The molecule has 2 rings (SSSR count). The van der Waals surface area contributed by atoms with Gasteiger partial charge in [-0.25, -0.2) is 0 Å². The minimum atomic E-state index is 0.636. The van der Waals surface area contributed by atoms with Crippen LogP contribution in [0.5, 0.6) is 0 Å². The lowest BCUT2D eigenvalue weighted by Gasteiger charge is -2.17. The Bertz CT molecular complexity index is 662. The van der Waals surface area contributed by atoms with Crippen molar-refractivity contribution in [3.8, 4) is 12.3 Å². The first-order valence-corrected chi connectivity index (χ1v) is 9.74. The van der Waals surface area contributed by atoms with E-state index in [1.807, 2.05) is 32.9 Å². The summed E-state index contributed by atoms with van der Waals surface area (Å²) in [4.78, 5) is 0. The van der Waals surface area contributed by atoms with Crippen molar-refractivity contribution in [3.63, 3.8) is 0 Å². The normalized spacial score (nSPS) is 12.9. The lowest BCUT2D eigenvalue weighted by Crippen LogP contribution is -2.03. The summed E-state index contributed by atoms with van der Waals surface area (Å²) in [5, 5.41) is 0. The molecule has 0 spiro atoms. The van der Waals surface area contributed by atoms with Crippen LogP contribution in [0, 0.1) is 18.3 Å². The van der Waals surface area contributed by atoms with Gasteiger partial charge >= 0.3 is 0 Å². The molecule has 0 aliphatic heterocycles. The third-order valence-electron chi connectivity index (χ3n) is 4.02. The fourth-order valence-corrected chi connectivity index (χ4v) is 3.01. The molecule has 1 aliphatic rings. The largest absolute Gasteiger partial charge is 0.115 e. The summed E-state index contributed by atoms with van der Waals surface area (Å²) in [7, 11) is 0. The van der Waals surface area contributed by atoms with Gasteiger partial charge in [0.1, 0.15) is 0 Å². The van der Waals surface area contributed by atoms with E-state index in [-0.39, 0.29) is 0 Å². The first-order valence-electron chi connectivity index (χ1n) is 9.74. The zero-order chi connectivity index (χ0) is 19.9. The van der Waals surface area contributed by atoms with Crippen molar-refractivity contribution in [1.29, 1.82) is 0 Å². The van der Waals surface area contributed by atoms with Gasteiger partial charge in [0.05, 0.1) is 0 Å². The Morgan fingerprint density at radius 2 is 2.00 bits per heavy atom. The minimum Gasteiger partial charge on any atom is -0.115 e. The molecule has 0 aromatic heterocycles. The average molecular weight is 349 g/mol. The van der Waals surface area contributed by atoms with Crippen molar-refractivity contribution in [2.75, 3.05) is 0 Å². The van der Waals surface area contributed by atoms with Crippen LogP contribution in [0.3, 0.4) is 0 Å². The van der Waals surface area contributed by atoms with Gasteiger partial charge in [-0.3, -0.25) is 0 Å². The van der Waals surface area contributed by atoms with Crippen LogP contribution in [-0.2, 0) is 0 Å². The van der Waals surface area contributed by atoms with Gasteiger partial charge in [0, 0.05) is 5.56 Å². The molecule has 0 radical (unpaired) electrons. The maximum absolute atomic E-state index is 5.49. The second-order valence-electron chi connectivity index (χ2n) is 6.36. The highest BCUT2D eigenvalue weighted by atomic mass is 14.2. The minimum absolute atomic E-state index is 0.636. The van der Waals surface area contributed by atoms with Crippen molar-refractivity contribution in [2.24, 2.45) is 5.92 Å². The van der Waals surface area contributed by atoms with E-state index in [2.05, 4.69) is 57.2 Å². The number of benzene rings is 1. The molecule has 0 heterocycles. The van der Waals surface area contributed by atoms with E-state index in [1.54, 1.807) is 11.6 Å². The average Bonchev–Trinajstić information content (AvgIpc) is 3.13. The van der Waals surface area contributed by atoms with Gasteiger partial charge in [-0.2, -0.15) is 0 Å². The van der Waals surface area contributed by atoms with E-state index in [0.717, 1.165) is 18.4 Å². The number of allylic oxidation sites excluding steroid dienone is 6. The molecule has 0 saturated heterocycles. The van der Waals surface area contributed by atoms with Gasteiger partial charge in [-0.1, -0.05) is 74.6 Å². The van der Waals surface area contributed by atoms with Crippen LogP contribution in [0.4, 0.5) is 0 Å². The van der Waals surface area contributed by atoms with Crippen molar-refractivity contribution in [3.05, 3.63) is 77.9 Å². The van der Waals surface area contributed by atoms with Crippen molar-refractivity contribution in [2.45, 2.75) is 60.3 Å². The van der Waals surface area contributed by atoms with Crippen LogP contribution in [0.25, 0.3) is 5.57 Å². The fraction of sp³-hybridized carbons (Fsp3) is 0.385. The highest BCUT2D eigenvalue weighted by Crippen LogP contribution is 2.35. The highest BCUT2D eigenvalue weighted by Gasteiger charge is 2.17. The molecule has 26 heavy (non-hydrogen) atoms. The Morgan fingerprint density at radius 1 is 1.35 bits per heavy atom. The SMILES string of the molecule is C#Cc1cccc(C2=CCC(C(CCC)CC(=C)C)=C2)c1.C=CC.CC. The van der Waals surface area contributed by atoms with Crippen molar-refractivity contribution in [1.82, 2.24) is 0 Å². The van der Waals surface area contributed by atoms with Crippen LogP contribution in [0.2, 0.25) is 0 Å². The molecule has 0 bridgehead atoms. The first-order chi connectivity index (χ1) is 12.5. The van der Waals surface area contributed by atoms with Gasteiger partial charge in [-0.15, -0.1) is 19.6 Å². The number of hydrogen-bond acceptors (Lipinski definition) is 0. The van der Waals surface area contributed by atoms with E-state index in [0.29, 0.717) is 5.92 Å². The van der Waals surface area contributed by atoms with Crippen LogP contribution in [0.1, 0.15) is 71.4 Å². The van der Waals surface area contributed by atoms with E-state index < -0.39 is 0 Å². The third-order valence-corrected chi connectivity index (χ3v) is 4.02. The number of terminal acetylenes is 1. The Morgan fingerprint density at radius 3 is 2.54 bits per heavy atom. The van der Waals surface area contributed by atoms with Gasteiger partial charge in [0.25, 0.3) is 0 Å².